The molecule has 1 aromatic heterocycles. The van der Waals surface area contributed by atoms with Gasteiger partial charge in [-0.2, -0.15) is 0 Å². The average molecular weight is 390 g/mol. The van der Waals surface area contributed by atoms with Crippen molar-refractivity contribution in [1.29, 1.82) is 0 Å². The number of ether oxygens (including phenoxy) is 3. The summed E-state index contributed by atoms with van der Waals surface area (Å²) in [5.41, 5.74) is 3.13. The van der Waals surface area contributed by atoms with E-state index in [0.29, 0.717) is 25.4 Å². The second kappa shape index (κ2) is 7.72. The second-order valence-corrected chi connectivity index (χ2v) is 7.53. The van der Waals surface area contributed by atoms with E-state index in [2.05, 4.69) is 22.4 Å². The molecule has 2 aliphatic rings. The Labute approximate surface area is 168 Å². The number of carbonyl (C=O) groups excluding carboxylic acids is 1. The lowest BCUT2D eigenvalue weighted by atomic mass is 9.93. The van der Waals surface area contributed by atoms with Crippen LogP contribution >= 0.6 is 0 Å². The normalized spacial score (nSPS) is 20.1. The number of benzene rings is 2. The van der Waals surface area contributed by atoms with Crippen molar-refractivity contribution in [3.05, 3.63) is 65.9 Å². The van der Waals surface area contributed by atoms with Gasteiger partial charge in [-0.15, -0.1) is 0 Å². The predicted molar refractivity (Wildman–Crippen MR) is 108 cm³/mol. The van der Waals surface area contributed by atoms with Gasteiger partial charge in [0.2, 0.25) is 12.7 Å². The molecule has 1 N–H and O–H groups in total. The van der Waals surface area contributed by atoms with Crippen molar-refractivity contribution >= 4 is 16.8 Å². The molecule has 6 nitrogen and oxygen atoms in total. The fourth-order valence-electron chi connectivity index (χ4n) is 4.07. The zero-order valence-electron chi connectivity index (χ0n) is 16.0. The van der Waals surface area contributed by atoms with E-state index in [1.54, 1.807) is 0 Å². The third-order valence-corrected chi connectivity index (χ3v) is 5.57. The molecule has 0 unspecified atom stereocenters. The summed E-state index contributed by atoms with van der Waals surface area (Å²) in [6.07, 6.45) is 3.00. The molecule has 3 heterocycles. The van der Waals surface area contributed by atoms with Crippen LogP contribution in [0.2, 0.25) is 0 Å². The van der Waals surface area contributed by atoms with Crippen molar-refractivity contribution in [2.75, 3.05) is 20.0 Å². The Morgan fingerprint density at radius 3 is 2.93 bits per heavy atom. The van der Waals surface area contributed by atoms with Gasteiger partial charge in [-0.25, -0.2) is 0 Å². The van der Waals surface area contributed by atoms with Crippen molar-refractivity contribution in [3.63, 3.8) is 0 Å². The van der Waals surface area contributed by atoms with Crippen molar-refractivity contribution < 1.29 is 19.0 Å². The van der Waals surface area contributed by atoms with Gasteiger partial charge in [0.25, 0.3) is 0 Å². The molecular formula is C23H22N2O4. The minimum atomic E-state index is -0.0102. The maximum absolute atomic E-state index is 12.6. The molecule has 1 saturated heterocycles. The van der Waals surface area contributed by atoms with E-state index in [1.807, 2.05) is 42.6 Å². The van der Waals surface area contributed by atoms with Crippen LogP contribution in [0, 0.1) is 5.92 Å². The molecule has 2 atom stereocenters. The monoisotopic (exact) mass is 390 g/mol. The third-order valence-electron chi connectivity index (χ3n) is 5.57. The number of aromatic nitrogens is 1. The first kappa shape index (κ1) is 17.9. The first-order valence-corrected chi connectivity index (χ1v) is 9.84. The maximum atomic E-state index is 12.6. The molecule has 5 rings (SSSR count). The van der Waals surface area contributed by atoms with Crippen molar-refractivity contribution in [2.45, 2.75) is 18.9 Å². The largest absolute Gasteiger partial charge is 0.454 e. The third kappa shape index (κ3) is 3.76. The van der Waals surface area contributed by atoms with E-state index in [0.717, 1.165) is 28.6 Å². The molecule has 1 fully saturated rings. The van der Waals surface area contributed by atoms with Crippen LogP contribution in [0.15, 0.2) is 54.7 Å². The summed E-state index contributed by atoms with van der Waals surface area (Å²) >= 11 is 0. The number of rotatable bonds is 5. The van der Waals surface area contributed by atoms with E-state index in [4.69, 9.17) is 14.2 Å². The lowest BCUT2D eigenvalue weighted by Gasteiger charge is -2.20. The van der Waals surface area contributed by atoms with Gasteiger partial charge in [0.15, 0.2) is 11.5 Å². The highest BCUT2D eigenvalue weighted by molar-refractivity contribution is 5.82. The lowest BCUT2D eigenvalue weighted by molar-refractivity contribution is -0.121. The van der Waals surface area contributed by atoms with E-state index in [9.17, 15) is 4.79 Å². The highest BCUT2D eigenvalue weighted by Gasteiger charge is 2.30. The maximum Gasteiger partial charge on any atom is 0.231 e. The topological polar surface area (TPSA) is 69.7 Å². The number of amides is 1. The van der Waals surface area contributed by atoms with E-state index < -0.39 is 0 Å². The van der Waals surface area contributed by atoms with Gasteiger partial charge >= 0.3 is 0 Å². The van der Waals surface area contributed by atoms with Crippen LogP contribution < -0.4 is 14.8 Å². The number of para-hydroxylation sites is 1. The molecule has 0 bridgehead atoms. The summed E-state index contributed by atoms with van der Waals surface area (Å²) in [6, 6.07) is 15.8. The standard InChI is InChI=1S/C23H22N2O4/c26-23(10-15-5-6-21-22(9-15)29-14-28-21)25-20-13-27-12-17(20)11-16-7-8-24-19-4-2-1-3-18(16)19/h1-9,17,20H,10-14H2,(H,25,26)/t17-,20+/m1/s1. The quantitative estimate of drug-likeness (QED) is 0.726. The minimum absolute atomic E-state index is 0.00318. The molecule has 0 aliphatic carbocycles. The minimum Gasteiger partial charge on any atom is -0.454 e. The van der Waals surface area contributed by atoms with Crippen LogP contribution in [-0.2, 0) is 22.4 Å². The van der Waals surface area contributed by atoms with Gasteiger partial charge in [0.05, 0.1) is 31.2 Å². The predicted octanol–water partition coefficient (Wildman–Crippen LogP) is 2.88. The summed E-state index contributed by atoms with van der Waals surface area (Å²) in [6.45, 7) is 1.42. The molecule has 0 saturated carbocycles. The van der Waals surface area contributed by atoms with Gasteiger partial charge in [-0.1, -0.05) is 24.3 Å². The van der Waals surface area contributed by atoms with Crippen LogP contribution in [-0.4, -0.2) is 36.9 Å². The summed E-state index contributed by atoms with van der Waals surface area (Å²) in [7, 11) is 0. The number of hydrogen-bond donors (Lipinski definition) is 1. The van der Waals surface area contributed by atoms with Gasteiger partial charge < -0.3 is 19.5 Å². The summed E-state index contributed by atoms with van der Waals surface area (Å²) in [5.74, 6) is 1.65. The van der Waals surface area contributed by atoms with Gasteiger partial charge in [0, 0.05) is 17.5 Å². The van der Waals surface area contributed by atoms with Crippen LogP contribution in [0.1, 0.15) is 11.1 Å². The van der Waals surface area contributed by atoms with E-state index >= 15 is 0 Å². The second-order valence-electron chi connectivity index (χ2n) is 7.53. The lowest BCUT2D eigenvalue weighted by Crippen LogP contribution is -2.41. The Kier molecular flexibility index (Phi) is 4.77. The number of carbonyl (C=O) groups is 1. The smallest absolute Gasteiger partial charge is 0.231 e. The summed E-state index contributed by atoms with van der Waals surface area (Å²) in [5, 5.41) is 4.32. The fourth-order valence-corrected chi connectivity index (χ4v) is 4.07. The molecular weight excluding hydrogens is 368 g/mol. The van der Waals surface area contributed by atoms with E-state index in [-0.39, 0.29) is 24.7 Å². The number of nitrogens with zero attached hydrogens (tertiary/aromatic N) is 1. The number of nitrogens with one attached hydrogen (secondary N) is 1. The van der Waals surface area contributed by atoms with Gasteiger partial charge in [-0.05, 0) is 41.8 Å². The number of pyridine rings is 1. The summed E-state index contributed by atoms with van der Waals surface area (Å²) < 4.78 is 16.4. The van der Waals surface area contributed by atoms with Gasteiger partial charge in [0.1, 0.15) is 0 Å². The first-order valence-electron chi connectivity index (χ1n) is 9.84. The molecule has 6 heteroatoms. The van der Waals surface area contributed by atoms with Crippen molar-refractivity contribution in [1.82, 2.24) is 10.3 Å². The molecule has 0 radical (unpaired) electrons. The van der Waals surface area contributed by atoms with Crippen LogP contribution in [0.4, 0.5) is 0 Å². The van der Waals surface area contributed by atoms with E-state index in [1.165, 1.54) is 5.56 Å². The summed E-state index contributed by atoms with van der Waals surface area (Å²) in [4.78, 5) is 17.1. The van der Waals surface area contributed by atoms with Crippen LogP contribution in [0.25, 0.3) is 10.9 Å². The van der Waals surface area contributed by atoms with Crippen LogP contribution in [0.5, 0.6) is 11.5 Å². The SMILES string of the molecule is O=C(Cc1ccc2c(c1)OCO2)N[C@H]1COC[C@H]1Cc1ccnc2ccccc12. The Bertz CT molecular complexity index is 1050. The highest BCUT2D eigenvalue weighted by atomic mass is 16.7. The van der Waals surface area contributed by atoms with Crippen molar-refractivity contribution in [3.8, 4) is 11.5 Å². The molecule has 2 aromatic carbocycles. The highest BCUT2D eigenvalue weighted by Crippen LogP contribution is 2.32. The zero-order valence-corrected chi connectivity index (χ0v) is 16.0. The molecule has 3 aromatic rings. The Morgan fingerprint density at radius 1 is 1.07 bits per heavy atom. The number of fused-ring (bicyclic) bond motifs is 2. The van der Waals surface area contributed by atoms with Gasteiger partial charge in [-0.3, -0.25) is 9.78 Å². The fraction of sp³-hybridized carbons (Fsp3) is 0.304. The Hall–Kier alpha value is -3.12. The molecule has 148 valence electrons. The molecule has 2 aliphatic heterocycles. The zero-order chi connectivity index (χ0) is 19.6. The average Bonchev–Trinajstić information content (AvgIpc) is 3.37. The number of hydrogen-bond acceptors (Lipinski definition) is 5. The van der Waals surface area contributed by atoms with Crippen molar-refractivity contribution in [2.24, 2.45) is 5.92 Å². The molecule has 1 amide bonds. The molecule has 0 spiro atoms. The Balaban J connectivity index is 1.25. The molecule has 29 heavy (non-hydrogen) atoms. The first-order chi connectivity index (χ1) is 14.3. The van der Waals surface area contributed by atoms with Crippen LogP contribution in [0.3, 0.4) is 0 Å². The Morgan fingerprint density at radius 2 is 1.97 bits per heavy atom.